The Morgan fingerprint density at radius 1 is 1.33 bits per heavy atom. The van der Waals surface area contributed by atoms with Gasteiger partial charge in [-0.25, -0.2) is 8.42 Å². The summed E-state index contributed by atoms with van der Waals surface area (Å²) in [7, 11) is -2.77. The van der Waals surface area contributed by atoms with E-state index < -0.39 is 9.84 Å². The molecule has 0 aliphatic carbocycles. The fourth-order valence-electron chi connectivity index (χ4n) is 2.64. The highest BCUT2D eigenvalue weighted by atomic mass is 32.2. The summed E-state index contributed by atoms with van der Waals surface area (Å²) in [6.45, 7) is 2.10. The Balaban J connectivity index is 1.94. The number of sulfone groups is 1. The zero-order chi connectivity index (χ0) is 10.9. The normalized spacial score (nSPS) is 36.9. The van der Waals surface area contributed by atoms with Gasteiger partial charge in [0.1, 0.15) is 0 Å². The fourth-order valence-corrected chi connectivity index (χ4v) is 4.40. The van der Waals surface area contributed by atoms with E-state index in [2.05, 4.69) is 4.90 Å². The summed E-state index contributed by atoms with van der Waals surface area (Å²) >= 11 is 0. The lowest BCUT2D eigenvalue weighted by atomic mass is 9.97. The van der Waals surface area contributed by atoms with E-state index >= 15 is 0 Å². The van der Waals surface area contributed by atoms with Gasteiger partial charge in [-0.2, -0.15) is 0 Å². The molecule has 2 fully saturated rings. The Hall–Kier alpha value is -0.130. The number of hydrogen-bond acceptors (Lipinski definition) is 4. The summed E-state index contributed by atoms with van der Waals surface area (Å²) in [5.41, 5.74) is 0. The topological polar surface area (TPSA) is 57.6 Å². The third-order valence-electron chi connectivity index (χ3n) is 3.53. The maximum atomic E-state index is 11.4. The van der Waals surface area contributed by atoms with E-state index in [1.54, 1.807) is 0 Å². The van der Waals surface area contributed by atoms with Crippen molar-refractivity contribution in [2.24, 2.45) is 5.92 Å². The van der Waals surface area contributed by atoms with Crippen molar-refractivity contribution in [3.63, 3.8) is 0 Å². The van der Waals surface area contributed by atoms with Gasteiger partial charge in [0.2, 0.25) is 0 Å². The van der Waals surface area contributed by atoms with Crippen LogP contribution in [0.3, 0.4) is 0 Å². The first-order valence-electron chi connectivity index (χ1n) is 5.66. The molecule has 5 heteroatoms. The van der Waals surface area contributed by atoms with E-state index in [4.69, 9.17) is 5.11 Å². The van der Waals surface area contributed by atoms with Crippen LogP contribution in [0.1, 0.15) is 19.3 Å². The van der Waals surface area contributed by atoms with E-state index in [9.17, 15) is 8.42 Å². The number of rotatable bonds is 2. The first kappa shape index (κ1) is 11.4. The Bertz CT molecular complexity index is 315. The lowest BCUT2D eigenvalue weighted by Crippen LogP contribution is -2.44. The molecule has 0 bridgehead atoms. The van der Waals surface area contributed by atoms with Crippen molar-refractivity contribution >= 4 is 9.84 Å². The van der Waals surface area contributed by atoms with Crippen LogP contribution < -0.4 is 0 Å². The van der Waals surface area contributed by atoms with E-state index in [-0.39, 0.29) is 12.6 Å². The molecule has 0 radical (unpaired) electrons. The quantitative estimate of drug-likeness (QED) is 0.722. The summed E-state index contributed by atoms with van der Waals surface area (Å²) in [4.78, 5) is 2.26. The molecule has 0 aromatic heterocycles. The molecule has 88 valence electrons. The van der Waals surface area contributed by atoms with Crippen molar-refractivity contribution in [3.05, 3.63) is 0 Å². The molecule has 0 amide bonds. The minimum atomic E-state index is -2.77. The molecular weight excluding hydrogens is 214 g/mol. The third-order valence-corrected chi connectivity index (χ3v) is 5.28. The second-order valence-electron chi connectivity index (χ2n) is 4.74. The zero-order valence-corrected chi connectivity index (χ0v) is 9.75. The molecule has 2 atom stereocenters. The van der Waals surface area contributed by atoms with Crippen LogP contribution >= 0.6 is 0 Å². The first-order valence-corrected chi connectivity index (χ1v) is 7.48. The molecule has 0 aromatic carbocycles. The van der Waals surface area contributed by atoms with Crippen LogP contribution in [0.4, 0.5) is 0 Å². The van der Waals surface area contributed by atoms with Gasteiger partial charge in [-0.15, -0.1) is 0 Å². The Morgan fingerprint density at radius 2 is 2.13 bits per heavy atom. The summed E-state index contributed by atoms with van der Waals surface area (Å²) in [5, 5.41) is 9.11. The second-order valence-corrected chi connectivity index (χ2v) is 6.97. The molecule has 2 aliphatic rings. The maximum absolute atomic E-state index is 11.4. The first-order chi connectivity index (χ1) is 7.11. The largest absolute Gasteiger partial charge is 0.396 e. The van der Waals surface area contributed by atoms with E-state index in [0.29, 0.717) is 17.4 Å². The molecule has 0 aromatic rings. The summed E-state index contributed by atoms with van der Waals surface area (Å²) in [6, 6.07) is 0.212. The van der Waals surface area contributed by atoms with Crippen LogP contribution in [-0.2, 0) is 9.84 Å². The molecule has 0 saturated carbocycles. The molecular formula is C10H19NO3S. The molecule has 2 rings (SSSR count). The predicted octanol–water partition coefficient (Wildman–Crippen LogP) is -0.122. The number of piperidine rings is 1. The maximum Gasteiger partial charge on any atom is 0.151 e. The van der Waals surface area contributed by atoms with E-state index in [0.717, 1.165) is 32.4 Å². The van der Waals surface area contributed by atoms with Crippen LogP contribution in [0.2, 0.25) is 0 Å². The van der Waals surface area contributed by atoms with Gasteiger partial charge >= 0.3 is 0 Å². The highest BCUT2D eigenvalue weighted by Crippen LogP contribution is 2.23. The smallest absolute Gasteiger partial charge is 0.151 e. The van der Waals surface area contributed by atoms with Crippen LogP contribution in [0.15, 0.2) is 0 Å². The molecule has 4 nitrogen and oxygen atoms in total. The minimum Gasteiger partial charge on any atom is -0.396 e. The van der Waals surface area contributed by atoms with Gasteiger partial charge in [0.15, 0.2) is 9.84 Å². The Morgan fingerprint density at radius 3 is 2.73 bits per heavy atom. The van der Waals surface area contributed by atoms with Crippen molar-refractivity contribution in [1.82, 2.24) is 4.90 Å². The summed E-state index contributed by atoms with van der Waals surface area (Å²) < 4.78 is 22.7. The van der Waals surface area contributed by atoms with Crippen LogP contribution in [-0.4, -0.2) is 55.7 Å². The van der Waals surface area contributed by atoms with Crippen molar-refractivity contribution in [3.8, 4) is 0 Å². The SMILES string of the molecule is O=S1(=O)CC[C@H](N2CCC[C@@H](CO)C2)C1. The number of hydrogen-bond donors (Lipinski definition) is 1. The van der Waals surface area contributed by atoms with Crippen LogP contribution in [0, 0.1) is 5.92 Å². The average molecular weight is 233 g/mol. The lowest BCUT2D eigenvalue weighted by molar-refractivity contribution is 0.0957. The van der Waals surface area contributed by atoms with Crippen molar-refractivity contribution in [1.29, 1.82) is 0 Å². The van der Waals surface area contributed by atoms with Crippen molar-refractivity contribution in [2.75, 3.05) is 31.2 Å². The number of aliphatic hydroxyl groups is 1. The van der Waals surface area contributed by atoms with Gasteiger partial charge in [-0.1, -0.05) is 0 Å². The molecule has 2 aliphatic heterocycles. The van der Waals surface area contributed by atoms with Crippen LogP contribution in [0.5, 0.6) is 0 Å². The van der Waals surface area contributed by atoms with Gasteiger partial charge in [0.05, 0.1) is 11.5 Å². The van der Waals surface area contributed by atoms with Crippen LogP contribution in [0.25, 0.3) is 0 Å². The molecule has 1 N–H and O–H groups in total. The molecule has 2 saturated heterocycles. The second kappa shape index (κ2) is 4.39. The van der Waals surface area contributed by atoms with Gasteiger partial charge in [-0.3, -0.25) is 4.90 Å². The number of aliphatic hydroxyl groups excluding tert-OH is 1. The molecule has 2 heterocycles. The standard InChI is InChI=1S/C10H19NO3S/c12-7-9-2-1-4-11(6-9)10-3-5-15(13,14)8-10/h9-10,12H,1-8H2/t9-,10+/m1/s1. The minimum absolute atomic E-state index is 0.212. The van der Waals surface area contributed by atoms with Gasteiger partial charge in [0, 0.05) is 19.2 Å². The molecule has 0 unspecified atom stereocenters. The average Bonchev–Trinajstić information content (AvgIpc) is 2.59. The zero-order valence-electron chi connectivity index (χ0n) is 8.93. The third kappa shape index (κ3) is 2.71. The highest BCUT2D eigenvalue weighted by Gasteiger charge is 2.34. The van der Waals surface area contributed by atoms with Gasteiger partial charge in [-0.05, 0) is 31.7 Å². The van der Waals surface area contributed by atoms with Gasteiger partial charge < -0.3 is 5.11 Å². The predicted molar refractivity (Wildman–Crippen MR) is 58.4 cm³/mol. The molecule has 0 spiro atoms. The van der Waals surface area contributed by atoms with E-state index in [1.165, 1.54) is 0 Å². The fraction of sp³-hybridized carbons (Fsp3) is 1.00. The Kier molecular flexibility index (Phi) is 3.33. The van der Waals surface area contributed by atoms with Crippen molar-refractivity contribution < 1.29 is 13.5 Å². The molecule has 15 heavy (non-hydrogen) atoms. The van der Waals surface area contributed by atoms with E-state index in [1.807, 2.05) is 0 Å². The summed E-state index contributed by atoms with van der Waals surface area (Å²) in [6.07, 6.45) is 2.94. The lowest BCUT2D eigenvalue weighted by Gasteiger charge is -2.35. The Labute approximate surface area is 91.2 Å². The van der Waals surface area contributed by atoms with Crippen molar-refractivity contribution in [2.45, 2.75) is 25.3 Å². The van der Waals surface area contributed by atoms with Gasteiger partial charge in [0.25, 0.3) is 0 Å². The number of likely N-dealkylation sites (tertiary alicyclic amines) is 1. The monoisotopic (exact) mass is 233 g/mol. The summed E-state index contributed by atoms with van der Waals surface area (Å²) in [5.74, 6) is 1.02. The highest BCUT2D eigenvalue weighted by molar-refractivity contribution is 7.91. The number of nitrogens with zero attached hydrogens (tertiary/aromatic N) is 1.